The summed E-state index contributed by atoms with van der Waals surface area (Å²) in [4.78, 5) is 91.9. The van der Waals surface area contributed by atoms with Crippen LogP contribution in [0.5, 0.6) is 0 Å². The van der Waals surface area contributed by atoms with E-state index in [9.17, 15) is 38.4 Å². The highest BCUT2D eigenvalue weighted by Crippen LogP contribution is 2.06. The number of hydrogen-bond donors (Lipinski definition) is 5. The van der Waals surface area contributed by atoms with Crippen molar-refractivity contribution in [2.75, 3.05) is 92.2 Å². The maximum Gasteiger partial charge on any atom is 0.396 e. The molecule has 0 bridgehead atoms. The topological polar surface area (TPSA) is 280 Å². The minimum atomic E-state index is -0.867. The van der Waals surface area contributed by atoms with Crippen LogP contribution in [0.25, 0.3) is 0 Å². The van der Waals surface area contributed by atoms with Crippen molar-refractivity contribution in [1.82, 2.24) is 16.0 Å². The van der Waals surface area contributed by atoms with Crippen LogP contribution in [0.4, 0.5) is 0 Å². The van der Waals surface area contributed by atoms with E-state index >= 15 is 0 Å². The number of Topliss-reactive ketones (excluding diaryl/α,β-unsaturated/α-hetero) is 3. The largest absolute Gasteiger partial charge is 0.460 e. The molecule has 0 saturated heterocycles. The fraction of sp³-hybridized carbons (Fsp3) is 0.822. The molecular formula is C45H88N5O14P. The number of ether oxygens (including phenoxy) is 6. The summed E-state index contributed by atoms with van der Waals surface area (Å²) in [5.74, 6) is -4.39. The van der Waals surface area contributed by atoms with Gasteiger partial charge >= 0.3 is 17.8 Å². The Labute approximate surface area is 392 Å². The molecule has 0 aromatic heterocycles. The van der Waals surface area contributed by atoms with E-state index in [0.717, 1.165) is 45.1 Å². The molecule has 0 aromatic rings. The smallest absolute Gasteiger partial charge is 0.396 e. The van der Waals surface area contributed by atoms with E-state index in [4.69, 9.17) is 30.4 Å². The van der Waals surface area contributed by atoms with Crippen LogP contribution in [0.3, 0.4) is 0 Å². The Kier molecular flexibility index (Phi) is 54.0. The molecule has 0 saturated carbocycles. The van der Waals surface area contributed by atoms with Crippen LogP contribution in [-0.2, 0) is 66.8 Å². The normalized spacial score (nSPS) is 10.4. The third-order valence-electron chi connectivity index (χ3n) is 8.34. The van der Waals surface area contributed by atoms with Gasteiger partial charge in [0.15, 0.2) is 0 Å². The van der Waals surface area contributed by atoms with E-state index in [1.54, 1.807) is 13.8 Å². The molecule has 0 fully saturated rings. The molecule has 65 heavy (non-hydrogen) atoms. The lowest BCUT2D eigenvalue weighted by atomic mass is 10.1. The average molecular weight is 954 g/mol. The van der Waals surface area contributed by atoms with Crippen LogP contribution < -0.4 is 27.4 Å². The van der Waals surface area contributed by atoms with Crippen molar-refractivity contribution in [3.63, 3.8) is 0 Å². The van der Waals surface area contributed by atoms with Gasteiger partial charge < -0.3 is 55.8 Å². The van der Waals surface area contributed by atoms with Crippen molar-refractivity contribution in [1.29, 1.82) is 0 Å². The van der Waals surface area contributed by atoms with Gasteiger partial charge in [0.2, 0.25) is 17.3 Å². The maximum absolute atomic E-state index is 11.8. The van der Waals surface area contributed by atoms with Gasteiger partial charge in [-0.15, -0.1) is 0 Å². The third-order valence-corrected chi connectivity index (χ3v) is 8.34. The highest BCUT2D eigenvalue weighted by atomic mass is 31.0. The van der Waals surface area contributed by atoms with Crippen LogP contribution in [0, 0.1) is 5.92 Å². The summed E-state index contributed by atoms with van der Waals surface area (Å²) in [6.45, 7) is 18.2. The van der Waals surface area contributed by atoms with Crippen molar-refractivity contribution in [2.24, 2.45) is 17.4 Å². The first kappa shape index (κ1) is 68.1. The molecule has 7 N–H and O–H groups in total. The highest BCUT2D eigenvalue weighted by Gasteiger charge is 2.16. The third kappa shape index (κ3) is 51.4. The Balaban J connectivity index is -0.000000524. The molecule has 1 unspecified atom stereocenters. The number of amides is 3. The summed E-state index contributed by atoms with van der Waals surface area (Å²) in [5, 5.41) is 7.55. The number of esters is 2. The molecule has 0 aliphatic heterocycles. The molecule has 382 valence electrons. The van der Waals surface area contributed by atoms with Gasteiger partial charge in [-0.2, -0.15) is 9.90 Å². The quantitative estimate of drug-likeness (QED) is 0.0256. The van der Waals surface area contributed by atoms with Gasteiger partial charge in [-0.25, -0.2) is 9.59 Å². The lowest BCUT2D eigenvalue weighted by Gasteiger charge is -2.08. The fourth-order valence-corrected chi connectivity index (χ4v) is 4.88. The number of carbonyl (C=O) groups excluding carboxylic acids is 8. The molecule has 0 rings (SSSR count). The zero-order chi connectivity index (χ0) is 48.6. The van der Waals surface area contributed by atoms with Crippen LogP contribution in [0.15, 0.2) is 0 Å². The van der Waals surface area contributed by atoms with Crippen LogP contribution >= 0.6 is 9.90 Å². The molecule has 0 aromatic carbocycles. The van der Waals surface area contributed by atoms with E-state index in [-0.39, 0.29) is 55.0 Å². The van der Waals surface area contributed by atoms with Gasteiger partial charge in [0, 0.05) is 98.2 Å². The molecule has 0 spiro atoms. The molecule has 0 heterocycles. The molecule has 0 aliphatic rings. The standard InChI is InChI=1S/C24H44N2O6.C19H33NO8.C2H8N2.H3P/c1-19(2)11-5-7-16-31-17-10-15-26-24(30)22(28)13-9-14-25-23(29)21(27)12-6-8-18-32-20(3)4;1-3-27-18(23)16(21)10-5-6-12-25-13-7-8-14-26-15-9-11-20-17(22)19(24)28-4-2;3-1-2-4;/h19-20H,5-18H2,1-4H3,(H,25,29)(H,26,30);3-15H2,1-2H3,(H,20,22);1-4H2;1H3. The Morgan fingerprint density at radius 3 is 1.26 bits per heavy atom. The second kappa shape index (κ2) is 51.5. The first-order valence-corrected chi connectivity index (χ1v) is 23.2. The lowest BCUT2D eigenvalue weighted by Crippen LogP contribution is -2.34. The van der Waals surface area contributed by atoms with E-state index in [1.807, 2.05) is 13.8 Å². The minimum absolute atomic E-state index is 0. The summed E-state index contributed by atoms with van der Waals surface area (Å²) in [5.41, 5.74) is 9.81. The Morgan fingerprint density at radius 1 is 0.446 bits per heavy atom. The first-order valence-electron chi connectivity index (χ1n) is 23.2. The number of carbonyl (C=O) groups is 8. The number of hydrogen-bond acceptors (Lipinski definition) is 16. The van der Waals surface area contributed by atoms with Crippen molar-refractivity contribution in [2.45, 2.75) is 144 Å². The molecule has 0 radical (unpaired) electrons. The fourth-order valence-electron chi connectivity index (χ4n) is 4.88. The number of nitrogens with two attached hydrogens (primary N) is 2. The monoisotopic (exact) mass is 954 g/mol. The van der Waals surface area contributed by atoms with Crippen LogP contribution in [0.1, 0.15) is 138 Å². The summed E-state index contributed by atoms with van der Waals surface area (Å²) < 4.78 is 31.0. The minimum Gasteiger partial charge on any atom is -0.460 e. The number of unbranched alkanes of at least 4 members (excludes halogenated alkanes) is 4. The van der Waals surface area contributed by atoms with E-state index in [1.165, 1.54) is 6.42 Å². The molecule has 3 amide bonds. The van der Waals surface area contributed by atoms with Gasteiger partial charge in [-0.1, -0.05) is 26.7 Å². The maximum atomic E-state index is 11.8. The zero-order valence-corrected chi connectivity index (χ0v) is 42.2. The summed E-state index contributed by atoms with van der Waals surface area (Å²) in [6, 6.07) is 0. The van der Waals surface area contributed by atoms with Gasteiger partial charge in [0.05, 0.1) is 19.3 Å². The van der Waals surface area contributed by atoms with Crippen LogP contribution in [-0.4, -0.2) is 145 Å². The van der Waals surface area contributed by atoms with Gasteiger partial charge in [-0.3, -0.25) is 28.8 Å². The van der Waals surface area contributed by atoms with E-state index < -0.39 is 47.0 Å². The van der Waals surface area contributed by atoms with Gasteiger partial charge in [0.1, 0.15) is 0 Å². The van der Waals surface area contributed by atoms with Crippen molar-refractivity contribution < 1.29 is 66.8 Å². The Bertz CT molecular complexity index is 1200. The number of nitrogens with one attached hydrogen (secondary N) is 3. The summed E-state index contributed by atoms with van der Waals surface area (Å²) >= 11 is 0. The summed E-state index contributed by atoms with van der Waals surface area (Å²) in [7, 11) is 0. The highest BCUT2D eigenvalue weighted by molar-refractivity contribution is 6.92. The van der Waals surface area contributed by atoms with Gasteiger partial charge in [0.25, 0.3) is 11.8 Å². The van der Waals surface area contributed by atoms with Crippen molar-refractivity contribution >= 4 is 56.9 Å². The molecule has 20 heteroatoms. The van der Waals surface area contributed by atoms with Gasteiger partial charge in [-0.05, 0) is 97.8 Å². The van der Waals surface area contributed by atoms with E-state index in [0.29, 0.717) is 104 Å². The second-order valence-electron chi connectivity index (χ2n) is 15.1. The molecule has 19 nitrogen and oxygen atoms in total. The summed E-state index contributed by atoms with van der Waals surface area (Å²) in [6.07, 6.45) is 9.91. The molecule has 0 aliphatic carbocycles. The Morgan fingerprint density at radius 2 is 0.815 bits per heavy atom. The Hall–Kier alpha value is -3.45. The van der Waals surface area contributed by atoms with Crippen molar-refractivity contribution in [3.05, 3.63) is 0 Å². The van der Waals surface area contributed by atoms with E-state index in [2.05, 4.69) is 39.3 Å². The van der Waals surface area contributed by atoms with Crippen LogP contribution in [0.2, 0.25) is 0 Å². The molecule has 1 atom stereocenters. The lowest BCUT2D eigenvalue weighted by molar-refractivity contribution is -0.154. The SMILES string of the molecule is CC(C)CCCCOCCCNC(=O)C(=O)CCCNC(=O)C(=O)CCCCOC(C)C.CCOC(=O)C(=O)CCCCOCCCCOCCCNC(=O)C(=O)OCC.NCCN.P. The first-order chi connectivity index (χ1) is 30.7. The molecular weight excluding hydrogens is 865 g/mol. The van der Waals surface area contributed by atoms with Crippen molar-refractivity contribution in [3.8, 4) is 0 Å². The second-order valence-corrected chi connectivity index (χ2v) is 15.1. The predicted octanol–water partition coefficient (Wildman–Crippen LogP) is 3.10. The number of rotatable bonds is 39. The zero-order valence-electron chi connectivity index (χ0n) is 40.7. The average Bonchev–Trinajstić information content (AvgIpc) is 3.26. The predicted molar refractivity (Wildman–Crippen MR) is 254 cm³/mol. The number of ketones is 3.